The number of oxime groups is 1. The summed E-state index contributed by atoms with van der Waals surface area (Å²) >= 11 is 0. The Kier molecular flexibility index (Phi) is 6.81. The van der Waals surface area contributed by atoms with Gasteiger partial charge in [-0.25, -0.2) is 4.79 Å². The van der Waals surface area contributed by atoms with Gasteiger partial charge in [-0.15, -0.1) is 0 Å². The molecule has 0 saturated heterocycles. The molecule has 0 unspecified atom stereocenters. The molecule has 1 heterocycles. The molecule has 1 N–H and O–H groups in total. The zero-order valence-corrected chi connectivity index (χ0v) is 18.7. The van der Waals surface area contributed by atoms with Gasteiger partial charge in [-0.05, 0) is 51.0 Å². The minimum Gasteiger partial charge on any atom is -0.390 e. The molecule has 0 fully saturated rings. The molecule has 0 saturated carbocycles. The van der Waals surface area contributed by atoms with E-state index in [9.17, 15) is 18.0 Å². The highest BCUT2D eigenvalue weighted by Gasteiger charge is 2.32. The number of rotatable bonds is 5. The third-order valence-electron chi connectivity index (χ3n) is 4.94. The highest BCUT2D eigenvalue weighted by Crippen LogP contribution is 2.30. The van der Waals surface area contributed by atoms with Crippen molar-refractivity contribution < 1.29 is 22.8 Å². The number of nitrogens with one attached hydrogen (secondary N) is 1. The van der Waals surface area contributed by atoms with Crippen LogP contribution in [0.2, 0.25) is 0 Å². The summed E-state index contributed by atoms with van der Waals surface area (Å²) in [5, 5.41) is 7.05. The van der Waals surface area contributed by atoms with Gasteiger partial charge in [-0.3, -0.25) is 0 Å². The van der Waals surface area contributed by atoms with Gasteiger partial charge in [0.2, 0.25) is 0 Å². The summed E-state index contributed by atoms with van der Waals surface area (Å²) in [4.78, 5) is 20.0. The molecule has 2 amide bonds. The van der Waals surface area contributed by atoms with Crippen molar-refractivity contribution >= 4 is 11.7 Å². The van der Waals surface area contributed by atoms with Gasteiger partial charge in [-0.2, -0.15) is 13.2 Å². The van der Waals surface area contributed by atoms with Crippen LogP contribution in [0.4, 0.5) is 18.0 Å². The summed E-state index contributed by atoms with van der Waals surface area (Å²) < 4.78 is 39.3. The Labute approximate surface area is 186 Å². The molecule has 1 aliphatic rings. The van der Waals surface area contributed by atoms with E-state index in [4.69, 9.17) is 4.84 Å². The summed E-state index contributed by atoms with van der Waals surface area (Å²) in [5.74, 6) is 0. The molecule has 0 spiro atoms. The minimum atomic E-state index is -4.44. The van der Waals surface area contributed by atoms with Crippen LogP contribution >= 0.6 is 0 Å². The van der Waals surface area contributed by atoms with E-state index in [1.165, 1.54) is 11.0 Å². The van der Waals surface area contributed by atoms with Crippen molar-refractivity contribution in [3.8, 4) is 0 Å². The van der Waals surface area contributed by atoms with Crippen molar-refractivity contribution in [2.24, 2.45) is 5.16 Å². The first-order valence-electron chi connectivity index (χ1n) is 10.4. The van der Waals surface area contributed by atoms with Crippen LogP contribution < -0.4 is 5.32 Å². The normalized spacial score (nSPS) is 16.3. The van der Waals surface area contributed by atoms with Gasteiger partial charge in [0.1, 0.15) is 0 Å². The number of aryl methyl sites for hydroxylation is 1. The molecule has 32 heavy (non-hydrogen) atoms. The Morgan fingerprint density at radius 2 is 1.84 bits per heavy atom. The molecule has 2 aromatic rings. The lowest BCUT2D eigenvalue weighted by Crippen LogP contribution is -2.50. The predicted octanol–water partition coefficient (Wildman–Crippen LogP) is 5.52. The minimum absolute atomic E-state index is 0.0194. The highest BCUT2D eigenvalue weighted by molar-refractivity contribution is 6.01. The van der Waals surface area contributed by atoms with Crippen LogP contribution in [0, 0.1) is 6.92 Å². The van der Waals surface area contributed by atoms with E-state index < -0.39 is 17.3 Å². The number of urea groups is 1. The fraction of sp³-hybridized carbons (Fsp3) is 0.417. The highest BCUT2D eigenvalue weighted by atomic mass is 19.4. The number of amides is 2. The molecular weight excluding hydrogens is 419 g/mol. The topological polar surface area (TPSA) is 53.9 Å². The van der Waals surface area contributed by atoms with Gasteiger partial charge >= 0.3 is 12.2 Å². The lowest BCUT2D eigenvalue weighted by molar-refractivity contribution is -0.137. The summed E-state index contributed by atoms with van der Waals surface area (Å²) in [6, 6.07) is 12.6. The van der Waals surface area contributed by atoms with Crippen LogP contribution in [-0.2, 0) is 17.6 Å². The lowest BCUT2D eigenvalue weighted by atomic mass is 10.0. The maximum absolute atomic E-state index is 13.1. The third-order valence-corrected chi connectivity index (χ3v) is 4.94. The first-order chi connectivity index (χ1) is 14.9. The van der Waals surface area contributed by atoms with Crippen molar-refractivity contribution in [3.63, 3.8) is 0 Å². The van der Waals surface area contributed by atoms with Gasteiger partial charge in [0, 0.05) is 18.5 Å². The van der Waals surface area contributed by atoms with E-state index in [0.717, 1.165) is 29.0 Å². The molecule has 2 aromatic carbocycles. The lowest BCUT2D eigenvalue weighted by Gasteiger charge is -2.30. The monoisotopic (exact) mass is 447 g/mol. The number of carbonyl (C=O) groups is 1. The second kappa shape index (κ2) is 9.22. The number of benzene rings is 2. The van der Waals surface area contributed by atoms with Crippen molar-refractivity contribution in [2.75, 3.05) is 6.54 Å². The van der Waals surface area contributed by atoms with Crippen LogP contribution in [0.15, 0.2) is 53.7 Å². The Morgan fingerprint density at radius 3 is 2.47 bits per heavy atom. The van der Waals surface area contributed by atoms with E-state index in [1.54, 1.807) is 6.07 Å². The summed E-state index contributed by atoms with van der Waals surface area (Å²) in [6.07, 6.45) is -4.33. The molecule has 0 radical (unpaired) electrons. The van der Waals surface area contributed by atoms with Crippen LogP contribution in [-0.4, -0.2) is 34.8 Å². The fourth-order valence-corrected chi connectivity index (χ4v) is 3.37. The largest absolute Gasteiger partial charge is 0.416 e. The van der Waals surface area contributed by atoms with Crippen LogP contribution in [0.25, 0.3) is 0 Å². The number of hydrogen-bond acceptors (Lipinski definition) is 3. The SMILES string of the molecule is Cc1ccc(C2=NO[C@H](CN(Cc3cccc(C(F)(F)F)c3)C(=O)NC(C)(C)C)C2)cc1. The first kappa shape index (κ1) is 23.6. The van der Waals surface area contributed by atoms with Crippen molar-refractivity contribution in [2.45, 2.75) is 58.5 Å². The van der Waals surface area contributed by atoms with E-state index in [0.29, 0.717) is 12.0 Å². The standard InChI is InChI=1S/C24H28F3N3O2/c1-16-8-10-18(11-9-16)21-13-20(32-29-21)15-30(22(31)28-23(2,3)4)14-17-6-5-7-19(12-17)24(25,26)27/h5-12,20H,13-15H2,1-4H3,(H,28,31)/t20-/m0/s1. The van der Waals surface area contributed by atoms with Crippen molar-refractivity contribution in [1.82, 2.24) is 10.2 Å². The van der Waals surface area contributed by atoms with Gasteiger partial charge in [0.05, 0.1) is 17.8 Å². The molecular formula is C24H28F3N3O2. The molecule has 1 atom stereocenters. The maximum atomic E-state index is 13.1. The fourth-order valence-electron chi connectivity index (χ4n) is 3.37. The second-order valence-electron chi connectivity index (χ2n) is 9.09. The van der Waals surface area contributed by atoms with Gasteiger partial charge < -0.3 is 15.1 Å². The molecule has 1 aliphatic heterocycles. The zero-order chi connectivity index (χ0) is 23.5. The number of halogens is 3. The quantitative estimate of drug-likeness (QED) is 0.657. The van der Waals surface area contributed by atoms with Gasteiger partial charge in [0.25, 0.3) is 0 Å². The Bertz CT molecular complexity index is 979. The van der Waals surface area contributed by atoms with Crippen LogP contribution in [0.5, 0.6) is 0 Å². The predicted molar refractivity (Wildman–Crippen MR) is 117 cm³/mol. The van der Waals surface area contributed by atoms with Crippen LogP contribution in [0.1, 0.15) is 49.4 Å². The summed E-state index contributed by atoms with van der Waals surface area (Å²) in [7, 11) is 0. The van der Waals surface area contributed by atoms with E-state index >= 15 is 0 Å². The number of nitrogens with zero attached hydrogens (tertiary/aromatic N) is 2. The van der Waals surface area contributed by atoms with E-state index in [-0.39, 0.29) is 25.2 Å². The summed E-state index contributed by atoms with van der Waals surface area (Å²) in [6.45, 7) is 7.75. The molecule has 5 nitrogen and oxygen atoms in total. The number of alkyl halides is 3. The van der Waals surface area contributed by atoms with E-state index in [2.05, 4.69) is 10.5 Å². The first-order valence-corrected chi connectivity index (χ1v) is 10.4. The van der Waals surface area contributed by atoms with Crippen LogP contribution in [0.3, 0.4) is 0 Å². The summed E-state index contributed by atoms with van der Waals surface area (Å²) in [5.41, 5.74) is 2.01. The van der Waals surface area contributed by atoms with Gasteiger partial charge in [-0.1, -0.05) is 47.1 Å². The Balaban J connectivity index is 1.74. The third kappa shape index (κ3) is 6.48. The molecule has 0 aliphatic carbocycles. The molecule has 0 aromatic heterocycles. The Hall–Kier alpha value is -3.03. The molecule has 8 heteroatoms. The van der Waals surface area contributed by atoms with Crippen molar-refractivity contribution in [3.05, 3.63) is 70.8 Å². The zero-order valence-electron chi connectivity index (χ0n) is 18.7. The van der Waals surface area contributed by atoms with Gasteiger partial charge in [0.15, 0.2) is 6.10 Å². The number of hydrogen-bond donors (Lipinski definition) is 1. The molecule has 172 valence electrons. The van der Waals surface area contributed by atoms with Crippen molar-refractivity contribution in [1.29, 1.82) is 0 Å². The number of carbonyl (C=O) groups excluding carboxylic acids is 1. The second-order valence-corrected chi connectivity index (χ2v) is 9.09. The average Bonchev–Trinajstić information content (AvgIpc) is 3.15. The Morgan fingerprint density at radius 1 is 1.16 bits per heavy atom. The average molecular weight is 448 g/mol. The van der Waals surface area contributed by atoms with E-state index in [1.807, 2.05) is 52.0 Å². The molecule has 3 rings (SSSR count). The maximum Gasteiger partial charge on any atom is 0.416 e. The molecule has 0 bridgehead atoms. The smallest absolute Gasteiger partial charge is 0.390 e.